The maximum absolute atomic E-state index is 13.2. The van der Waals surface area contributed by atoms with Crippen LogP contribution < -0.4 is 5.56 Å². The van der Waals surface area contributed by atoms with E-state index < -0.39 is 0 Å². The van der Waals surface area contributed by atoms with E-state index in [2.05, 4.69) is 6.07 Å². The third-order valence-electron chi connectivity index (χ3n) is 4.32. The van der Waals surface area contributed by atoms with Crippen LogP contribution in [-0.2, 0) is 5.75 Å². The summed E-state index contributed by atoms with van der Waals surface area (Å²) in [5.74, 6) is 0.530. The first-order chi connectivity index (χ1) is 13.7. The van der Waals surface area contributed by atoms with Gasteiger partial charge in [-0.1, -0.05) is 53.7 Å². The molecular formula is C22H14ClN3OS. The van der Waals surface area contributed by atoms with Crippen molar-refractivity contribution in [2.24, 2.45) is 0 Å². The molecule has 0 unspecified atom stereocenters. The van der Waals surface area contributed by atoms with Gasteiger partial charge in [0.25, 0.3) is 5.56 Å². The molecular weight excluding hydrogens is 390 g/mol. The molecule has 4 nitrogen and oxygen atoms in total. The zero-order valence-electron chi connectivity index (χ0n) is 14.7. The summed E-state index contributed by atoms with van der Waals surface area (Å²) in [6.07, 6.45) is 0. The summed E-state index contributed by atoms with van der Waals surface area (Å²) < 4.78 is 1.60. The molecule has 0 aliphatic heterocycles. The van der Waals surface area contributed by atoms with Crippen molar-refractivity contribution in [3.63, 3.8) is 0 Å². The highest BCUT2D eigenvalue weighted by Gasteiger charge is 2.14. The second-order valence-electron chi connectivity index (χ2n) is 6.09. The van der Waals surface area contributed by atoms with Crippen LogP contribution in [0, 0.1) is 11.3 Å². The fourth-order valence-electron chi connectivity index (χ4n) is 2.92. The van der Waals surface area contributed by atoms with Crippen LogP contribution in [0.2, 0.25) is 5.02 Å². The van der Waals surface area contributed by atoms with Crippen LogP contribution in [0.5, 0.6) is 0 Å². The number of hydrogen-bond donors (Lipinski definition) is 0. The van der Waals surface area contributed by atoms with E-state index in [1.807, 2.05) is 36.4 Å². The molecule has 4 aromatic rings. The Kier molecular flexibility index (Phi) is 5.16. The van der Waals surface area contributed by atoms with Gasteiger partial charge in [0.05, 0.1) is 28.2 Å². The summed E-state index contributed by atoms with van der Waals surface area (Å²) in [4.78, 5) is 17.9. The topological polar surface area (TPSA) is 58.7 Å². The average Bonchev–Trinajstić information content (AvgIpc) is 2.73. The van der Waals surface area contributed by atoms with Crippen LogP contribution in [0.15, 0.2) is 82.7 Å². The first-order valence-corrected chi connectivity index (χ1v) is 9.92. The lowest BCUT2D eigenvalue weighted by Crippen LogP contribution is -2.21. The Morgan fingerprint density at radius 1 is 1.00 bits per heavy atom. The van der Waals surface area contributed by atoms with E-state index in [1.165, 1.54) is 11.8 Å². The highest BCUT2D eigenvalue weighted by Crippen LogP contribution is 2.26. The van der Waals surface area contributed by atoms with Crippen molar-refractivity contribution in [3.05, 3.63) is 99.3 Å². The molecule has 0 N–H and O–H groups in total. The molecule has 0 fully saturated rings. The fourth-order valence-corrected chi connectivity index (χ4v) is 4.07. The maximum Gasteiger partial charge on any atom is 0.266 e. The van der Waals surface area contributed by atoms with E-state index in [0.717, 1.165) is 5.56 Å². The predicted octanol–water partition coefficient (Wildman–Crippen LogP) is 5.20. The Balaban J connectivity index is 1.84. The molecule has 0 amide bonds. The Bertz CT molecular complexity index is 1260. The van der Waals surface area contributed by atoms with Crippen molar-refractivity contribution in [1.82, 2.24) is 9.55 Å². The summed E-state index contributed by atoms with van der Waals surface area (Å²) in [7, 11) is 0. The largest absolute Gasteiger partial charge is 0.268 e. The molecule has 0 saturated carbocycles. The number of fused-ring (bicyclic) bond motifs is 1. The Hall–Kier alpha value is -3.07. The average molecular weight is 404 g/mol. The van der Waals surface area contributed by atoms with Crippen LogP contribution in [-0.4, -0.2) is 9.55 Å². The molecule has 0 spiro atoms. The Labute approximate surface area is 171 Å². The van der Waals surface area contributed by atoms with Gasteiger partial charge in [-0.2, -0.15) is 5.26 Å². The monoisotopic (exact) mass is 403 g/mol. The van der Waals surface area contributed by atoms with Gasteiger partial charge in [-0.25, -0.2) is 4.98 Å². The van der Waals surface area contributed by atoms with Crippen molar-refractivity contribution in [1.29, 1.82) is 5.26 Å². The van der Waals surface area contributed by atoms with Crippen molar-refractivity contribution in [3.8, 4) is 11.8 Å². The van der Waals surface area contributed by atoms with E-state index >= 15 is 0 Å². The van der Waals surface area contributed by atoms with E-state index in [0.29, 0.717) is 38.1 Å². The molecule has 6 heteroatoms. The molecule has 28 heavy (non-hydrogen) atoms. The number of rotatable bonds is 4. The summed E-state index contributed by atoms with van der Waals surface area (Å²) in [6.45, 7) is 0. The van der Waals surface area contributed by atoms with Gasteiger partial charge >= 0.3 is 0 Å². The summed E-state index contributed by atoms with van der Waals surface area (Å²) >= 11 is 7.43. The van der Waals surface area contributed by atoms with Gasteiger partial charge < -0.3 is 0 Å². The summed E-state index contributed by atoms with van der Waals surface area (Å²) in [6, 6.07) is 24.0. The first-order valence-electron chi connectivity index (χ1n) is 8.56. The maximum atomic E-state index is 13.2. The lowest BCUT2D eigenvalue weighted by Gasteiger charge is -2.13. The number of hydrogen-bond acceptors (Lipinski definition) is 4. The molecule has 0 bridgehead atoms. The summed E-state index contributed by atoms with van der Waals surface area (Å²) in [5.41, 5.74) is 2.73. The highest BCUT2D eigenvalue weighted by atomic mass is 35.5. The van der Waals surface area contributed by atoms with Crippen LogP contribution in [0.1, 0.15) is 11.1 Å². The van der Waals surface area contributed by atoms with E-state index in [-0.39, 0.29) is 5.56 Å². The molecule has 1 heterocycles. The predicted molar refractivity (Wildman–Crippen MR) is 113 cm³/mol. The van der Waals surface area contributed by atoms with Crippen molar-refractivity contribution >= 4 is 34.3 Å². The zero-order valence-corrected chi connectivity index (χ0v) is 16.2. The van der Waals surface area contributed by atoms with Crippen molar-refractivity contribution < 1.29 is 0 Å². The second kappa shape index (κ2) is 7.89. The van der Waals surface area contributed by atoms with Gasteiger partial charge in [0.15, 0.2) is 5.16 Å². The quantitative estimate of drug-likeness (QED) is 0.347. The summed E-state index contributed by atoms with van der Waals surface area (Å²) in [5, 5.41) is 11.0. The van der Waals surface area contributed by atoms with Gasteiger partial charge in [-0.3, -0.25) is 9.36 Å². The fraction of sp³-hybridized carbons (Fsp3) is 0.0455. The van der Waals surface area contributed by atoms with Crippen molar-refractivity contribution in [2.75, 3.05) is 0 Å². The van der Waals surface area contributed by atoms with Crippen LogP contribution in [0.25, 0.3) is 16.6 Å². The van der Waals surface area contributed by atoms with Crippen LogP contribution >= 0.6 is 23.4 Å². The molecule has 0 aliphatic rings. The molecule has 3 aromatic carbocycles. The van der Waals surface area contributed by atoms with Crippen molar-refractivity contribution in [2.45, 2.75) is 10.9 Å². The molecule has 0 aliphatic carbocycles. The minimum atomic E-state index is -0.135. The standard InChI is InChI=1S/C22H14ClN3OS/c23-17-9-11-18(12-10-17)26-21(27)19-7-3-4-8-20(19)25-22(26)28-14-16-6-2-1-5-15(16)13-24/h1-12H,14H2. The molecule has 4 rings (SSSR count). The van der Waals surface area contributed by atoms with E-state index in [9.17, 15) is 10.1 Å². The third kappa shape index (κ3) is 3.53. The van der Waals surface area contributed by atoms with Gasteiger partial charge in [-0.05, 0) is 48.0 Å². The van der Waals surface area contributed by atoms with Gasteiger partial charge in [-0.15, -0.1) is 0 Å². The number of nitriles is 1. The zero-order chi connectivity index (χ0) is 19.5. The number of aromatic nitrogens is 2. The normalized spacial score (nSPS) is 10.7. The SMILES string of the molecule is N#Cc1ccccc1CSc1nc2ccccc2c(=O)n1-c1ccc(Cl)cc1. The number of nitrogens with zero attached hydrogens (tertiary/aromatic N) is 3. The number of para-hydroxylation sites is 1. The van der Waals surface area contributed by atoms with Crippen LogP contribution in [0.4, 0.5) is 0 Å². The number of halogens is 1. The van der Waals surface area contributed by atoms with E-state index in [1.54, 1.807) is 41.0 Å². The molecule has 0 atom stereocenters. The second-order valence-corrected chi connectivity index (χ2v) is 7.47. The van der Waals surface area contributed by atoms with Crippen LogP contribution in [0.3, 0.4) is 0 Å². The van der Waals surface area contributed by atoms with E-state index in [4.69, 9.17) is 16.6 Å². The lowest BCUT2D eigenvalue weighted by atomic mass is 10.1. The lowest BCUT2D eigenvalue weighted by molar-refractivity contribution is 0.819. The Morgan fingerprint density at radius 2 is 1.71 bits per heavy atom. The molecule has 136 valence electrons. The minimum Gasteiger partial charge on any atom is -0.268 e. The smallest absolute Gasteiger partial charge is 0.266 e. The first kappa shape index (κ1) is 18.3. The highest BCUT2D eigenvalue weighted by molar-refractivity contribution is 7.98. The van der Waals surface area contributed by atoms with Gasteiger partial charge in [0.2, 0.25) is 0 Å². The molecule has 0 saturated heterocycles. The Morgan fingerprint density at radius 3 is 2.50 bits per heavy atom. The van der Waals surface area contributed by atoms with Gasteiger partial charge in [0.1, 0.15) is 0 Å². The molecule has 0 radical (unpaired) electrons. The molecule has 1 aromatic heterocycles. The number of benzene rings is 3. The van der Waals surface area contributed by atoms with Gasteiger partial charge in [0, 0.05) is 10.8 Å². The number of thioether (sulfide) groups is 1. The third-order valence-corrected chi connectivity index (χ3v) is 5.56. The minimum absolute atomic E-state index is 0.135.